The predicted molar refractivity (Wildman–Crippen MR) is 257 cm³/mol. The molecule has 0 unspecified atom stereocenters. The molecule has 0 radical (unpaired) electrons. The van der Waals surface area contributed by atoms with Crippen molar-refractivity contribution < 1.29 is 4.74 Å². The Balaban J connectivity index is 4.64. The van der Waals surface area contributed by atoms with Gasteiger partial charge in [-0.15, -0.1) is 0 Å². The Kier molecular flexibility index (Phi) is 47.9. The molecule has 0 aliphatic heterocycles. The van der Waals surface area contributed by atoms with Gasteiger partial charge in [0.2, 0.25) is 0 Å². The molecule has 0 heterocycles. The molecule has 278 valence electrons. The lowest BCUT2D eigenvalue weighted by molar-refractivity contribution is 0.148. The van der Waals surface area contributed by atoms with Crippen LogP contribution in [0.25, 0.3) is 0 Å². The molecule has 0 aromatic heterocycles. The number of rotatable bonds is 41. The number of thiol groups is 3. The normalized spacial score (nSPS) is 12.0. The highest BCUT2D eigenvalue weighted by Crippen LogP contribution is 2.34. The maximum atomic E-state index is 5.85. The van der Waals surface area contributed by atoms with Crippen LogP contribution in [0.1, 0.15) is 32.6 Å². The summed E-state index contributed by atoms with van der Waals surface area (Å²) in [5, 5.41) is 0. The van der Waals surface area contributed by atoms with E-state index >= 15 is 0 Å². The first-order valence-corrected chi connectivity index (χ1v) is 32.5. The number of ether oxygens (including phenoxy) is 1. The van der Waals surface area contributed by atoms with Crippen LogP contribution in [0.4, 0.5) is 0 Å². The van der Waals surface area contributed by atoms with E-state index in [1.165, 1.54) is 135 Å². The summed E-state index contributed by atoms with van der Waals surface area (Å²) in [4.78, 5) is 0. The second-order valence-electron chi connectivity index (χ2n) is 10.8. The number of hydrogen-bond acceptors (Lipinski definition) is 13. The second kappa shape index (κ2) is 43.8. The van der Waals surface area contributed by atoms with Crippen molar-refractivity contribution >= 4 is 152 Å². The van der Waals surface area contributed by atoms with Crippen molar-refractivity contribution in [3.05, 3.63) is 0 Å². The molecule has 0 atom stereocenters. The van der Waals surface area contributed by atoms with E-state index in [1.54, 1.807) is 18.1 Å². The van der Waals surface area contributed by atoms with Crippen molar-refractivity contribution in [2.24, 2.45) is 0 Å². The molecule has 0 fully saturated rings. The molecule has 0 aromatic rings. The van der Waals surface area contributed by atoms with Crippen molar-refractivity contribution in [2.75, 3.05) is 134 Å². The zero-order valence-electron chi connectivity index (χ0n) is 28.8. The van der Waals surface area contributed by atoms with Gasteiger partial charge in [-0.25, -0.2) is 0 Å². The monoisotopic (exact) mass is 880 g/mol. The molecule has 0 N–H and O–H groups in total. The maximum Gasteiger partial charge on any atom is 0.0537 e. The highest BCUT2D eigenvalue weighted by Gasteiger charge is 2.30. The lowest BCUT2D eigenvalue weighted by Crippen LogP contribution is -2.35. The van der Waals surface area contributed by atoms with Crippen molar-refractivity contribution in [1.82, 2.24) is 0 Å². The third-order valence-corrected chi connectivity index (χ3v) is 25.0. The van der Waals surface area contributed by atoms with E-state index in [4.69, 9.17) is 4.74 Å². The van der Waals surface area contributed by atoms with Crippen LogP contribution in [-0.4, -0.2) is 142 Å². The van der Waals surface area contributed by atoms with Gasteiger partial charge in [0, 0.05) is 99.5 Å². The highest BCUT2D eigenvalue weighted by molar-refractivity contribution is 8.05. The molecule has 0 aliphatic carbocycles. The summed E-state index contributed by atoms with van der Waals surface area (Å²) in [6, 6.07) is 6.14. The molecule has 0 saturated heterocycles. The Morgan fingerprint density at radius 2 is 0.630 bits per heavy atom. The largest absolute Gasteiger partial charge is 0.382 e. The zero-order chi connectivity index (χ0) is 33.5. The molecular weight excluding hydrogens is 813 g/mol. The van der Waals surface area contributed by atoms with E-state index < -0.39 is 8.07 Å². The zero-order valence-corrected chi connectivity index (χ0v) is 39.9. The summed E-state index contributed by atoms with van der Waals surface area (Å²) >= 11 is 32.2. The van der Waals surface area contributed by atoms with Gasteiger partial charge in [0.25, 0.3) is 0 Å². The van der Waals surface area contributed by atoms with Gasteiger partial charge in [-0.2, -0.15) is 144 Å². The first-order valence-electron chi connectivity index (χ1n) is 17.3. The van der Waals surface area contributed by atoms with Crippen LogP contribution >= 0.6 is 144 Å². The minimum absolute atomic E-state index is 0.863. The van der Waals surface area contributed by atoms with Gasteiger partial charge >= 0.3 is 0 Å². The standard InChI is InChI=1S/C32H68OS12Si/c1-2-33-7-3-29-46(30-4-11-37-17-23-43-26-20-40-14-8-34,31-5-12-38-18-24-44-27-21-41-15-9-35)32-6-13-39-19-25-45-28-22-42-16-10-36/h34-36H,2-32H2,1H3. The molecule has 0 spiro atoms. The molecule has 1 nitrogen and oxygen atoms in total. The van der Waals surface area contributed by atoms with E-state index in [0.29, 0.717) is 0 Å². The smallest absolute Gasteiger partial charge is 0.0537 e. The average molecular weight is 882 g/mol. The van der Waals surface area contributed by atoms with Crippen LogP contribution in [-0.2, 0) is 4.74 Å². The quantitative estimate of drug-likeness (QED) is 0.0310. The summed E-state index contributed by atoms with van der Waals surface area (Å²) in [6.07, 6.45) is 5.62. The van der Waals surface area contributed by atoms with E-state index in [2.05, 4.69) is 115 Å². The van der Waals surface area contributed by atoms with Crippen molar-refractivity contribution in [2.45, 2.75) is 56.8 Å². The van der Waals surface area contributed by atoms with E-state index in [0.717, 1.165) is 30.5 Å². The van der Waals surface area contributed by atoms with Crippen molar-refractivity contribution in [3.8, 4) is 0 Å². The molecule has 46 heavy (non-hydrogen) atoms. The molecule has 14 heteroatoms. The maximum absolute atomic E-state index is 5.85. The Morgan fingerprint density at radius 3 is 0.913 bits per heavy atom. The van der Waals surface area contributed by atoms with E-state index in [1.807, 2.05) is 35.3 Å². The topological polar surface area (TPSA) is 9.23 Å². The van der Waals surface area contributed by atoms with Gasteiger partial charge in [0.15, 0.2) is 0 Å². The van der Waals surface area contributed by atoms with Gasteiger partial charge in [-0.05, 0) is 67.1 Å². The van der Waals surface area contributed by atoms with Gasteiger partial charge in [0.05, 0.1) is 8.07 Å². The Labute approximate surface area is 343 Å². The molecule has 0 amide bonds. The summed E-state index contributed by atoms with van der Waals surface area (Å²) in [7, 11) is -1.29. The van der Waals surface area contributed by atoms with Crippen LogP contribution in [0.5, 0.6) is 0 Å². The van der Waals surface area contributed by atoms with E-state index in [9.17, 15) is 0 Å². The summed E-state index contributed by atoms with van der Waals surface area (Å²) in [6.45, 7) is 3.98. The molecule has 0 rings (SSSR count). The number of thioether (sulfide) groups is 9. The van der Waals surface area contributed by atoms with Gasteiger partial charge in [-0.3, -0.25) is 0 Å². The lowest BCUT2D eigenvalue weighted by atomic mass is 10.5. The average Bonchev–Trinajstić information content (AvgIpc) is 3.07. The summed E-state index contributed by atoms with van der Waals surface area (Å²) < 4.78 is 5.85. The number of hydrogen-bond donors (Lipinski definition) is 3. The molecule has 0 saturated carbocycles. The third-order valence-electron chi connectivity index (χ3n) is 7.13. The Bertz CT molecular complexity index is 507. The molecule has 0 aromatic carbocycles. The first-order chi connectivity index (χ1) is 22.7. The van der Waals surface area contributed by atoms with Gasteiger partial charge in [-0.1, -0.05) is 24.2 Å². The Morgan fingerprint density at radius 1 is 0.370 bits per heavy atom. The lowest BCUT2D eigenvalue weighted by Gasteiger charge is -2.33. The summed E-state index contributed by atoms with van der Waals surface area (Å²) in [5.74, 6) is 26.4. The summed E-state index contributed by atoms with van der Waals surface area (Å²) in [5.41, 5.74) is 0. The van der Waals surface area contributed by atoms with Crippen LogP contribution < -0.4 is 0 Å². The van der Waals surface area contributed by atoms with Crippen LogP contribution in [0, 0.1) is 0 Å². The van der Waals surface area contributed by atoms with Gasteiger partial charge < -0.3 is 4.74 Å². The van der Waals surface area contributed by atoms with E-state index in [-0.39, 0.29) is 0 Å². The second-order valence-corrected chi connectivity index (χ2v) is 28.2. The van der Waals surface area contributed by atoms with Crippen molar-refractivity contribution in [3.63, 3.8) is 0 Å². The molecule has 0 bridgehead atoms. The van der Waals surface area contributed by atoms with Crippen LogP contribution in [0.2, 0.25) is 24.2 Å². The minimum atomic E-state index is -1.29. The Hall–Kier alpha value is 4.38. The fraction of sp³-hybridized carbons (Fsp3) is 1.00. The van der Waals surface area contributed by atoms with Crippen LogP contribution in [0.15, 0.2) is 0 Å². The third kappa shape index (κ3) is 38.1. The van der Waals surface area contributed by atoms with Gasteiger partial charge in [0.1, 0.15) is 0 Å². The highest BCUT2D eigenvalue weighted by atomic mass is 32.2. The fourth-order valence-corrected chi connectivity index (χ4v) is 20.9. The SMILES string of the molecule is CCOCCC[Si](CCCSCCSCCSCCS)(CCCSCCSCCSCCS)CCCSCCSCCSCCS. The first kappa shape index (κ1) is 50.4. The minimum Gasteiger partial charge on any atom is -0.382 e. The van der Waals surface area contributed by atoms with Crippen molar-refractivity contribution in [1.29, 1.82) is 0 Å². The predicted octanol–water partition coefficient (Wildman–Crippen LogP) is 11.4. The molecular formula is C32H68OS12Si. The fourth-order valence-electron chi connectivity index (χ4n) is 4.91. The molecule has 0 aliphatic rings. The van der Waals surface area contributed by atoms with Crippen LogP contribution in [0.3, 0.4) is 0 Å².